The van der Waals surface area contributed by atoms with Crippen molar-refractivity contribution in [3.05, 3.63) is 54.0 Å². The van der Waals surface area contributed by atoms with Gasteiger partial charge in [-0.25, -0.2) is 0 Å². The molecule has 0 bridgehead atoms. The van der Waals surface area contributed by atoms with E-state index in [1.807, 2.05) is 12.1 Å². The second kappa shape index (κ2) is 7.83. The summed E-state index contributed by atoms with van der Waals surface area (Å²) in [5.74, 6) is 0.812. The molecule has 1 aromatic carbocycles. The van der Waals surface area contributed by atoms with Crippen molar-refractivity contribution in [2.75, 3.05) is 31.2 Å². The summed E-state index contributed by atoms with van der Waals surface area (Å²) < 4.78 is 10.6. The number of hydrogen-bond donors (Lipinski definition) is 1. The molecule has 1 aliphatic rings. The molecule has 2 heterocycles. The summed E-state index contributed by atoms with van der Waals surface area (Å²) in [5.41, 5.74) is 2.40. The van der Waals surface area contributed by atoms with Crippen molar-refractivity contribution in [2.45, 2.75) is 19.4 Å². The number of carbonyl (C=O) groups excluding carboxylic acids is 1. The molecule has 0 aliphatic carbocycles. The molecule has 1 aromatic heterocycles. The lowest BCUT2D eigenvalue weighted by Crippen LogP contribution is -2.36. The van der Waals surface area contributed by atoms with Crippen molar-refractivity contribution >= 4 is 11.6 Å². The molecule has 2 aromatic rings. The first-order chi connectivity index (χ1) is 11.3. The number of furan rings is 1. The summed E-state index contributed by atoms with van der Waals surface area (Å²) in [6, 6.07) is 12.1. The predicted molar refractivity (Wildman–Crippen MR) is 88.3 cm³/mol. The van der Waals surface area contributed by atoms with E-state index in [9.17, 15) is 4.79 Å². The molecule has 23 heavy (non-hydrogen) atoms. The van der Waals surface area contributed by atoms with Gasteiger partial charge in [-0.2, -0.15) is 0 Å². The third-order valence-electron chi connectivity index (χ3n) is 3.99. The molecule has 0 atom stereocenters. The van der Waals surface area contributed by atoms with Gasteiger partial charge in [0.05, 0.1) is 26.0 Å². The lowest BCUT2D eigenvalue weighted by atomic mass is 10.1. The SMILES string of the molecule is O=C(CCc1ccc(N2CCOCC2)cc1)NCc1ccco1. The van der Waals surface area contributed by atoms with Crippen LogP contribution in [0.3, 0.4) is 0 Å². The number of nitrogens with zero attached hydrogens (tertiary/aromatic N) is 1. The second-order valence-corrected chi connectivity index (χ2v) is 5.62. The average Bonchev–Trinajstić information content (AvgIpc) is 3.13. The van der Waals surface area contributed by atoms with Crippen LogP contribution in [0.15, 0.2) is 47.1 Å². The molecular weight excluding hydrogens is 292 g/mol. The maximum Gasteiger partial charge on any atom is 0.220 e. The van der Waals surface area contributed by atoms with E-state index in [0.29, 0.717) is 13.0 Å². The Hall–Kier alpha value is -2.27. The first-order valence-corrected chi connectivity index (χ1v) is 8.02. The van der Waals surface area contributed by atoms with E-state index < -0.39 is 0 Å². The minimum atomic E-state index is 0.0404. The molecule has 0 spiro atoms. The van der Waals surface area contributed by atoms with Crippen molar-refractivity contribution < 1.29 is 13.9 Å². The zero-order valence-electron chi connectivity index (χ0n) is 13.2. The fourth-order valence-corrected chi connectivity index (χ4v) is 2.64. The first kappa shape index (κ1) is 15.6. The normalized spacial score (nSPS) is 14.7. The Morgan fingerprint density at radius 2 is 1.91 bits per heavy atom. The Labute approximate surface area is 136 Å². The molecule has 3 rings (SSSR count). The van der Waals surface area contributed by atoms with E-state index in [4.69, 9.17) is 9.15 Å². The maximum atomic E-state index is 11.9. The Bertz CT molecular complexity index is 602. The van der Waals surface area contributed by atoms with Crippen LogP contribution in [-0.2, 0) is 22.5 Å². The van der Waals surface area contributed by atoms with Gasteiger partial charge in [0, 0.05) is 25.2 Å². The van der Waals surface area contributed by atoms with Crippen LogP contribution >= 0.6 is 0 Å². The van der Waals surface area contributed by atoms with Gasteiger partial charge < -0.3 is 19.4 Å². The predicted octanol–water partition coefficient (Wildman–Crippen LogP) is 2.37. The van der Waals surface area contributed by atoms with E-state index in [1.54, 1.807) is 6.26 Å². The highest BCUT2D eigenvalue weighted by Crippen LogP contribution is 2.17. The van der Waals surface area contributed by atoms with Gasteiger partial charge in [-0.3, -0.25) is 4.79 Å². The van der Waals surface area contributed by atoms with Gasteiger partial charge in [0.15, 0.2) is 0 Å². The van der Waals surface area contributed by atoms with E-state index in [1.165, 1.54) is 11.3 Å². The Morgan fingerprint density at radius 3 is 2.61 bits per heavy atom. The maximum absolute atomic E-state index is 11.9. The van der Waals surface area contributed by atoms with E-state index in [-0.39, 0.29) is 5.91 Å². The number of aryl methyl sites for hydroxylation is 1. The first-order valence-electron chi connectivity index (χ1n) is 8.02. The van der Waals surface area contributed by atoms with Crippen LogP contribution in [-0.4, -0.2) is 32.2 Å². The van der Waals surface area contributed by atoms with Crippen molar-refractivity contribution in [1.82, 2.24) is 5.32 Å². The average molecular weight is 314 g/mol. The van der Waals surface area contributed by atoms with Crippen LogP contribution in [0.25, 0.3) is 0 Å². The van der Waals surface area contributed by atoms with Crippen molar-refractivity contribution in [1.29, 1.82) is 0 Å². The lowest BCUT2D eigenvalue weighted by molar-refractivity contribution is -0.121. The van der Waals surface area contributed by atoms with Gasteiger partial charge in [0.2, 0.25) is 5.91 Å². The summed E-state index contributed by atoms with van der Waals surface area (Å²) in [6.45, 7) is 3.90. The van der Waals surface area contributed by atoms with Crippen LogP contribution in [0.5, 0.6) is 0 Å². The Morgan fingerprint density at radius 1 is 1.13 bits per heavy atom. The summed E-state index contributed by atoms with van der Waals surface area (Å²) in [6.07, 6.45) is 2.84. The van der Waals surface area contributed by atoms with Crippen LogP contribution in [0, 0.1) is 0 Å². The number of rotatable bonds is 6. The number of ether oxygens (including phenoxy) is 1. The topological polar surface area (TPSA) is 54.7 Å². The minimum absolute atomic E-state index is 0.0404. The second-order valence-electron chi connectivity index (χ2n) is 5.62. The monoisotopic (exact) mass is 314 g/mol. The molecule has 1 saturated heterocycles. The molecule has 0 unspecified atom stereocenters. The van der Waals surface area contributed by atoms with Crippen molar-refractivity contribution in [3.63, 3.8) is 0 Å². The van der Waals surface area contributed by atoms with Crippen LogP contribution in [0.2, 0.25) is 0 Å². The van der Waals surface area contributed by atoms with Gasteiger partial charge in [-0.15, -0.1) is 0 Å². The standard InChI is InChI=1S/C18H22N2O3/c21-18(19-14-17-2-1-11-23-17)8-5-15-3-6-16(7-4-15)20-9-12-22-13-10-20/h1-4,6-7,11H,5,8-10,12-14H2,(H,19,21). The fourth-order valence-electron chi connectivity index (χ4n) is 2.64. The van der Waals surface area contributed by atoms with Crippen LogP contribution < -0.4 is 10.2 Å². The molecule has 1 aliphatic heterocycles. The molecule has 0 radical (unpaired) electrons. The number of anilines is 1. The largest absolute Gasteiger partial charge is 0.467 e. The number of morpholine rings is 1. The van der Waals surface area contributed by atoms with E-state index in [0.717, 1.165) is 38.5 Å². The number of benzene rings is 1. The number of amides is 1. The number of nitrogens with one attached hydrogen (secondary N) is 1. The van der Waals surface area contributed by atoms with E-state index >= 15 is 0 Å². The molecule has 0 saturated carbocycles. The Kier molecular flexibility index (Phi) is 5.32. The molecule has 122 valence electrons. The van der Waals surface area contributed by atoms with Crippen LogP contribution in [0.1, 0.15) is 17.7 Å². The highest BCUT2D eigenvalue weighted by molar-refractivity contribution is 5.76. The Balaban J connectivity index is 1.43. The summed E-state index contributed by atoms with van der Waals surface area (Å²) in [7, 11) is 0. The van der Waals surface area contributed by atoms with Gasteiger partial charge in [0.25, 0.3) is 0 Å². The van der Waals surface area contributed by atoms with Gasteiger partial charge in [-0.1, -0.05) is 12.1 Å². The fraction of sp³-hybridized carbons (Fsp3) is 0.389. The van der Waals surface area contributed by atoms with Gasteiger partial charge >= 0.3 is 0 Å². The third kappa shape index (κ3) is 4.60. The molecule has 1 amide bonds. The quantitative estimate of drug-likeness (QED) is 0.889. The minimum Gasteiger partial charge on any atom is -0.467 e. The third-order valence-corrected chi connectivity index (χ3v) is 3.99. The highest BCUT2D eigenvalue weighted by atomic mass is 16.5. The smallest absolute Gasteiger partial charge is 0.220 e. The molecule has 5 nitrogen and oxygen atoms in total. The van der Waals surface area contributed by atoms with E-state index in [2.05, 4.69) is 34.5 Å². The van der Waals surface area contributed by atoms with Crippen molar-refractivity contribution in [3.8, 4) is 0 Å². The highest BCUT2D eigenvalue weighted by Gasteiger charge is 2.11. The van der Waals surface area contributed by atoms with Crippen LogP contribution in [0.4, 0.5) is 5.69 Å². The molecule has 5 heteroatoms. The summed E-state index contributed by atoms with van der Waals surface area (Å²) >= 11 is 0. The zero-order chi connectivity index (χ0) is 15.9. The lowest BCUT2D eigenvalue weighted by Gasteiger charge is -2.28. The number of hydrogen-bond acceptors (Lipinski definition) is 4. The molecule has 1 fully saturated rings. The van der Waals surface area contributed by atoms with Gasteiger partial charge in [0.1, 0.15) is 5.76 Å². The summed E-state index contributed by atoms with van der Waals surface area (Å²) in [4.78, 5) is 14.2. The summed E-state index contributed by atoms with van der Waals surface area (Å²) in [5, 5.41) is 2.86. The number of carbonyl (C=O) groups is 1. The molecular formula is C18H22N2O3. The van der Waals surface area contributed by atoms with Crippen molar-refractivity contribution in [2.24, 2.45) is 0 Å². The zero-order valence-corrected chi connectivity index (χ0v) is 13.2. The molecule has 1 N–H and O–H groups in total. The van der Waals surface area contributed by atoms with Gasteiger partial charge in [-0.05, 0) is 36.2 Å².